The van der Waals surface area contributed by atoms with E-state index in [2.05, 4.69) is 22.3 Å². The molecule has 0 aromatic heterocycles. The third kappa shape index (κ3) is 3.97. The van der Waals surface area contributed by atoms with Crippen molar-refractivity contribution < 1.29 is 14.3 Å². The molecule has 2 aromatic carbocycles. The van der Waals surface area contributed by atoms with Gasteiger partial charge in [0.1, 0.15) is 6.10 Å². The molecule has 0 radical (unpaired) electrons. The first-order chi connectivity index (χ1) is 13.2. The highest BCUT2D eigenvalue weighted by molar-refractivity contribution is 5.96. The minimum atomic E-state index is -0.509. The van der Waals surface area contributed by atoms with E-state index in [0.29, 0.717) is 5.56 Å². The Hall–Kier alpha value is -2.82. The van der Waals surface area contributed by atoms with Crippen LogP contribution in [-0.4, -0.2) is 25.0 Å². The van der Waals surface area contributed by atoms with Crippen LogP contribution in [0.5, 0.6) is 0 Å². The van der Waals surface area contributed by atoms with Gasteiger partial charge in [0.2, 0.25) is 5.91 Å². The summed E-state index contributed by atoms with van der Waals surface area (Å²) in [6.07, 6.45) is 4.69. The zero-order valence-electron chi connectivity index (χ0n) is 15.3. The van der Waals surface area contributed by atoms with Crippen molar-refractivity contribution in [2.45, 2.75) is 38.2 Å². The van der Waals surface area contributed by atoms with Gasteiger partial charge in [0, 0.05) is 30.0 Å². The first kappa shape index (κ1) is 17.6. The highest BCUT2D eigenvalue weighted by Gasteiger charge is 2.32. The zero-order chi connectivity index (χ0) is 18.6. The number of hydrogen-bond donors (Lipinski definition) is 1. The molecule has 2 aliphatic rings. The summed E-state index contributed by atoms with van der Waals surface area (Å²) in [6.45, 7) is 2.19. The lowest BCUT2D eigenvalue weighted by Crippen LogP contribution is -2.23. The minimum absolute atomic E-state index is 0.122. The summed E-state index contributed by atoms with van der Waals surface area (Å²) in [5, 5.41) is 2.91. The smallest absolute Gasteiger partial charge is 0.339 e. The maximum atomic E-state index is 12.4. The quantitative estimate of drug-likeness (QED) is 0.822. The van der Waals surface area contributed by atoms with Gasteiger partial charge in [-0.25, -0.2) is 4.79 Å². The molecule has 5 nitrogen and oxygen atoms in total. The molecular formula is C22H24N2O3. The second-order valence-corrected chi connectivity index (χ2v) is 7.18. The molecule has 2 heterocycles. The highest BCUT2D eigenvalue weighted by atomic mass is 16.5. The molecule has 2 aromatic rings. The molecule has 1 fully saturated rings. The predicted molar refractivity (Wildman–Crippen MR) is 105 cm³/mol. The van der Waals surface area contributed by atoms with E-state index < -0.39 is 6.10 Å². The summed E-state index contributed by atoms with van der Waals surface area (Å²) in [4.78, 5) is 26.7. The van der Waals surface area contributed by atoms with Crippen molar-refractivity contribution in [3.05, 3.63) is 59.7 Å². The number of carbonyl (C=O) groups excluding carboxylic acids is 2. The molecule has 1 N–H and O–H groups in total. The van der Waals surface area contributed by atoms with Crippen molar-refractivity contribution in [1.29, 1.82) is 0 Å². The van der Waals surface area contributed by atoms with Gasteiger partial charge in [0.05, 0.1) is 12.0 Å². The van der Waals surface area contributed by atoms with Gasteiger partial charge >= 0.3 is 5.97 Å². The van der Waals surface area contributed by atoms with E-state index in [1.165, 1.54) is 31.4 Å². The third-order valence-corrected chi connectivity index (χ3v) is 5.27. The molecule has 1 atom stereocenters. The van der Waals surface area contributed by atoms with E-state index in [9.17, 15) is 9.59 Å². The summed E-state index contributed by atoms with van der Waals surface area (Å²) < 4.78 is 5.34. The Bertz CT molecular complexity index is 824. The number of amides is 1. The number of cyclic esters (lactones) is 1. The van der Waals surface area contributed by atoms with E-state index in [1.807, 2.05) is 24.3 Å². The van der Waals surface area contributed by atoms with Crippen LogP contribution in [-0.2, 0) is 9.53 Å². The van der Waals surface area contributed by atoms with Crippen LogP contribution in [0.3, 0.4) is 0 Å². The molecule has 1 saturated heterocycles. The average Bonchev–Trinajstić information content (AvgIpc) is 2.86. The molecule has 0 aliphatic carbocycles. The van der Waals surface area contributed by atoms with Crippen molar-refractivity contribution in [2.24, 2.45) is 0 Å². The normalized spacial score (nSPS) is 19.2. The van der Waals surface area contributed by atoms with Gasteiger partial charge in [-0.2, -0.15) is 0 Å². The van der Waals surface area contributed by atoms with Crippen molar-refractivity contribution in [3.63, 3.8) is 0 Å². The molecule has 4 rings (SSSR count). The first-order valence-corrected chi connectivity index (χ1v) is 9.65. The van der Waals surface area contributed by atoms with Gasteiger partial charge in [-0.05, 0) is 43.2 Å². The number of fused-ring (bicyclic) bond motifs is 1. The van der Waals surface area contributed by atoms with E-state index >= 15 is 0 Å². The van der Waals surface area contributed by atoms with Crippen LogP contribution < -0.4 is 10.2 Å². The summed E-state index contributed by atoms with van der Waals surface area (Å²) in [5.41, 5.74) is 3.30. The number of esters is 1. The molecule has 0 saturated carbocycles. The molecule has 27 heavy (non-hydrogen) atoms. The maximum absolute atomic E-state index is 12.4. The standard InChI is InChI=1S/C22H24N2O3/c25-21(15-20-18-7-3-4-8-19(18)22(26)27-20)23-16-9-11-17(12-10-16)24-13-5-1-2-6-14-24/h3-4,7-12,20H,1-2,5-6,13-15H2,(H,23,25)/t20-/m1/s1. The van der Waals surface area contributed by atoms with E-state index in [-0.39, 0.29) is 18.3 Å². The lowest BCUT2D eigenvalue weighted by molar-refractivity contribution is -0.118. The number of anilines is 2. The number of nitrogens with zero attached hydrogens (tertiary/aromatic N) is 1. The Morgan fingerprint density at radius 3 is 2.44 bits per heavy atom. The number of hydrogen-bond acceptors (Lipinski definition) is 4. The second kappa shape index (κ2) is 7.82. The Balaban J connectivity index is 1.37. The first-order valence-electron chi connectivity index (χ1n) is 9.65. The van der Waals surface area contributed by atoms with Crippen LogP contribution in [0.2, 0.25) is 0 Å². The van der Waals surface area contributed by atoms with E-state index in [4.69, 9.17) is 4.74 Å². The Morgan fingerprint density at radius 1 is 1.00 bits per heavy atom. The Morgan fingerprint density at radius 2 is 1.70 bits per heavy atom. The van der Waals surface area contributed by atoms with Gasteiger partial charge in [-0.3, -0.25) is 4.79 Å². The van der Waals surface area contributed by atoms with E-state index in [0.717, 1.165) is 24.3 Å². The molecule has 1 amide bonds. The largest absolute Gasteiger partial charge is 0.453 e. The van der Waals surface area contributed by atoms with E-state index in [1.54, 1.807) is 12.1 Å². The van der Waals surface area contributed by atoms with Gasteiger partial charge in [-0.15, -0.1) is 0 Å². The molecule has 0 unspecified atom stereocenters. The van der Waals surface area contributed by atoms with Gasteiger partial charge in [-0.1, -0.05) is 31.0 Å². The molecule has 2 aliphatic heterocycles. The van der Waals surface area contributed by atoms with Crippen LogP contribution in [0, 0.1) is 0 Å². The topological polar surface area (TPSA) is 58.6 Å². The summed E-state index contributed by atoms with van der Waals surface area (Å²) in [7, 11) is 0. The van der Waals surface area contributed by atoms with Gasteiger partial charge < -0.3 is 15.0 Å². The Labute approximate surface area is 159 Å². The molecule has 0 bridgehead atoms. The maximum Gasteiger partial charge on any atom is 0.339 e. The van der Waals surface area contributed by atoms with Gasteiger partial charge in [0.15, 0.2) is 0 Å². The van der Waals surface area contributed by atoms with Crippen molar-refractivity contribution in [3.8, 4) is 0 Å². The molecule has 140 valence electrons. The highest BCUT2D eigenvalue weighted by Crippen LogP contribution is 2.33. The fourth-order valence-electron chi connectivity index (χ4n) is 3.84. The summed E-state index contributed by atoms with van der Waals surface area (Å²) in [6, 6.07) is 15.2. The summed E-state index contributed by atoms with van der Waals surface area (Å²) in [5.74, 6) is -0.516. The number of rotatable bonds is 4. The SMILES string of the molecule is O=C(C[C@H]1OC(=O)c2ccccc21)Nc1ccc(N2CCCCCC2)cc1. The van der Waals surface area contributed by atoms with Crippen molar-refractivity contribution >= 4 is 23.3 Å². The van der Waals surface area contributed by atoms with Crippen molar-refractivity contribution in [2.75, 3.05) is 23.3 Å². The van der Waals surface area contributed by atoms with Gasteiger partial charge in [0.25, 0.3) is 0 Å². The van der Waals surface area contributed by atoms with Crippen LogP contribution in [0.1, 0.15) is 54.1 Å². The third-order valence-electron chi connectivity index (χ3n) is 5.27. The lowest BCUT2D eigenvalue weighted by Gasteiger charge is -2.22. The number of ether oxygens (including phenoxy) is 1. The van der Waals surface area contributed by atoms with Crippen LogP contribution >= 0.6 is 0 Å². The monoisotopic (exact) mass is 364 g/mol. The molecule has 5 heteroatoms. The number of nitrogens with one attached hydrogen (secondary N) is 1. The average molecular weight is 364 g/mol. The second-order valence-electron chi connectivity index (χ2n) is 7.18. The van der Waals surface area contributed by atoms with Crippen molar-refractivity contribution in [1.82, 2.24) is 0 Å². The lowest BCUT2D eigenvalue weighted by atomic mass is 10.0. The fraction of sp³-hybridized carbons (Fsp3) is 0.364. The predicted octanol–water partition coefficient (Wildman–Crippen LogP) is 4.31. The Kier molecular flexibility index (Phi) is 5.10. The minimum Gasteiger partial charge on any atom is -0.453 e. The van der Waals surface area contributed by atoms with Crippen LogP contribution in [0.4, 0.5) is 11.4 Å². The fourth-order valence-corrected chi connectivity index (χ4v) is 3.84. The summed E-state index contributed by atoms with van der Waals surface area (Å²) >= 11 is 0. The number of carbonyl (C=O) groups is 2. The van der Waals surface area contributed by atoms with Crippen LogP contribution in [0.15, 0.2) is 48.5 Å². The number of benzene rings is 2. The zero-order valence-corrected chi connectivity index (χ0v) is 15.3. The molecular weight excluding hydrogens is 340 g/mol. The molecule has 0 spiro atoms. The van der Waals surface area contributed by atoms with Crippen LogP contribution in [0.25, 0.3) is 0 Å².